The average Bonchev–Trinajstić information content (AvgIpc) is 2.89. The van der Waals surface area contributed by atoms with Crippen molar-refractivity contribution in [2.75, 3.05) is 6.54 Å². The van der Waals surface area contributed by atoms with Crippen LogP contribution in [0.15, 0.2) is 68.8 Å². The topological polar surface area (TPSA) is 92.8 Å². The maximum absolute atomic E-state index is 13.1. The third kappa shape index (κ3) is 6.23. The molecular formula is C30H32BN2O4. The highest BCUT2D eigenvalue weighted by Gasteiger charge is 2.20. The summed E-state index contributed by atoms with van der Waals surface area (Å²) >= 11 is 0. The fourth-order valence-electron chi connectivity index (χ4n) is 4.09. The van der Waals surface area contributed by atoms with E-state index in [4.69, 9.17) is 4.42 Å². The lowest BCUT2D eigenvalue weighted by atomic mass is 9.56. The molecule has 4 rings (SSSR count). The first-order chi connectivity index (χ1) is 17.8. The number of aromatic carboxylic acids is 1. The Labute approximate surface area is 218 Å². The number of aryl methyl sites for hydroxylation is 2. The smallest absolute Gasteiger partial charge is 0.335 e. The van der Waals surface area contributed by atoms with Gasteiger partial charge in [-0.2, -0.15) is 0 Å². The zero-order valence-corrected chi connectivity index (χ0v) is 22.2. The molecule has 6 nitrogen and oxygen atoms in total. The number of benzene rings is 2. The molecule has 0 aliphatic rings. The molecule has 0 saturated heterocycles. The highest BCUT2D eigenvalue weighted by atomic mass is 16.4. The van der Waals surface area contributed by atoms with E-state index in [2.05, 4.69) is 9.98 Å². The Balaban J connectivity index is 0.00000186. The summed E-state index contributed by atoms with van der Waals surface area (Å²) in [5, 5.41) is 10.0. The van der Waals surface area contributed by atoms with Crippen LogP contribution in [0.4, 0.5) is 0 Å². The zero-order chi connectivity index (χ0) is 27.1. The van der Waals surface area contributed by atoms with Gasteiger partial charge in [-0.3, -0.25) is 9.79 Å². The standard InChI is InChI=1S/C28H26BN2O4.C2H6/c1-5-30-15-24-17(3)10-11-23(31-24)26-14-25(32)21-13-16(2)12-20(27(21)35-26)18(4)29-22-9-7-6-8-19(22)28(33)34;1-2/h6-15,18H,5H2,1-4H3,(H,33,34);1-2H3. The Hall–Kier alpha value is -4.00. The number of hydrogen-bond acceptors (Lipinski definition) is 5. The van der Waals surface area contributed by atoms with Gasteiger partial charge in [-0.25, -0.2) is 9.78 Å². The number of nitrogens with zero attached hydrogens (tertiary/aromatic N) is 2. The summed E-state index contributed by atoms with van der Waals surface area (Å²) in [6.45, 7) is 12.4. The molecule has 2 heterocycles. The normalized spacial score (nSPS) is 11.7. The van der Waals surface area contributed by atoms with Gasteiger partial charge in [0.05, 0.1) is 16.6 Å². The van der Waals surface area contributed by atoms with Gasteiger partial charge < -0.3 is 9.52 Å². The van der Waals surface area contributed by atoms with Crippen molar-refractivity contribution in [1.82, 2.24) is 4.98 Å². The molecule has 1 N–H and O–H groups in total. The molecule has 0 fully saturated rings. The lowest BCUT2D eigenvalue weighted by molar-refractivity contribution is 0.0698. The van der Waals surface area contributed by atoms with E-state index in [0.717, 1.165) is 22.4 Å². The molecule has 2 aromatic heterocycles. The molecule has 7 heteroatoms. The first kappa shape index (κ1) is 27.6. The Kier molecular flexibility index (Phi) is 9.17. The van der Waals surface area contributed by atoms with Crippen molar-refractivity contribution < 1.29 is 14.3 Å². The molecule has 189 valence electrons. The second-order valence-electron chi connectivity index (χ2n) is 8.58. The van der Waals surface area contributed by atoms with Crippen molar-refractivity contribution in [3.63, 3.8) is 0 Å². The van der Waals surface area contributed by atoms with Crippen LogP contribution in [-0.2, 0) is 0 Å². The molecule has 1 radical (unpaired) electrons. The van der Waals surface area contributed by atoms with Crippen molar-refractivity contribution in [3.8, 4) is 11.5 Å². The third-order valence-electron chi connectivity index (χ3n) is 5.90. The van der Waals surface area contributed by atoms with Crippen LogP contribution in [-0.4, -0.2) is 36.1 Å². The van der Waals surface area contributed by atoms with E-state index in [1.807, 2.05) is 73.1 Å². The molecule has 0 saturated carbocycles. The molecule has 4 aromatic rings. The quantitative estimate of drug-likeness (QED) is 0.261. The molecular weight excluding hydrogens is 463 g/mol. The number of aromatic nitrogens is 1. The van der Waals surface area contributed by atoms with Gasteiger partial charge in [0.2, 0.25) is 0 Å². The van der Waals surface area contributed by atoms with Gasteiger partial charge in [0.25, 0.3) is 0 Å². The van der Waals surface area contributed by atoms with Gasteiger partial charge in [-0.05, 0) is 61.5 Å². The van der Waals surface area contributed by atoms with E-state index in [1.54, 1.807) is 30.5 Å². The third-order valence-corrected chi connectivity index (χ3v) is 5.90. The second kappa shape index (κ2) is 12.3. The summed E-state index contributed by atoms with van der Waals surface area (Å²) in [7, 11) is 1.88. The van der Waals surface area contributed by atoms with Crippen LogP contribution in [0.25, 0.3) is 22.4 Å². The maximum atomic E-state index is 13.1. The molecule has 0 aliphatic carbocycles. The number of carboxylic acids is 1. The second-order valence-corrected chi connectivity index (χ2v) is 8.58. The number of aliphatic imine (C=N–C) groups is 1. The predicted octanol–water partition coefficient (Wildman–Crippen LogP) is 5.73. The van der Waals surface area contributed by atoms with Gasteiger partial charge in [-0.15, -0.1) is 0 Å². The molecule has 1 atom stereocenters. The lowest BCUT2D eigenvalue weighted by Gasteiger charge is -2.16. The van der Waals surface area contributed by atoms with E-state index in [-0.39, 0.29) is 16.8 Å². The summed E-state index contributed by atoms with van der Waals surface area (Å²) in [4.78, 5) is 33.7. The Bertz CT molecular complexity index is 1510. The molecule has 0 spiro atoms. The highest BCUT2D eigenvalue weighted by Crippen LogP contribution is 2.29. The van der Waals surface area contributed by atoms with Gasteiger partial charge >= 0.3 is 5.97 Å². The number of fused-ring (bicyclic) bond motifs is 1. The van der Waals surface area contributed by atoms with Crippen LogP contribution in [0.5, 0.6) is 0 Å². The number of hydrogen-bond donors (Lipinski definition) is 1. The van der Waals surface area contributed by atoms with Crippen LogP contribution in [0, 0.1) is 13.8 Å². The molecule has 0 aliphatic heterocycles. The first-order valence-corrected chi connectivity index (χ1v) is 12.5. The summed E-state index contributed by atoms with van der Waals surface area (Å²) in [6, 6.07) is 15.9. The first-order valence-electron chi connectivity index (χ1n) is 12.5. The predicted molar refractivity (Wildman–Crippen MR) is 152 cm³/mol. The molecule has 1 unspecified atom stereocenters. The zero-order valence-electron chi connectivity index (χ0n) is 22.2. The van der Waals surface area contributed by atoms with E-state index in [0.29, 0.717) is 34.4 Å². The van der Waals surface area contributed by atoms with E-state index >= 15 is 0 Å². The van der Waals surface area contributed by atoms with Crippen LogP contribution in [0.3, 0.4) is 0 Å². The Morgan fingerprint density at radius 2 is 1.86 bits per heavy atom. The number of carbonyl (C=O) groups is 1. The monoisotopic (exact) mass is 495 g/mol. The molecule has 2 aromatic carbocycles. The highest BCUT2D eigenvalue weighted by molar-refractivity contribution is 6.57. The lowest BCUT2D eigenvalue weighted by Crippen LogP contribution is -2.26. The van der Waals surface area contributed by atoms with E-state index < -0.39 is 5.97 Å². The fourth-order valence-corrected chi connectivity index (χ4v) is 4.09. The van der Waals surface area contributed by atoms with Crippen molar-refractivity contribution >= 4 is 35.9 Å². The van der Waals surface area contributed by atoms with Crippen molar-refractivity contribution in [2.24, 2.45) is 4.99 Å². The van der Waals surface area contributed by atoms with Crippen LogP contribution in [0.1, 0.15) is 66.3 Å². The molecule has 37 heavy (non-hydrogen) atoms. The minimum Gasteiger partial charge on any atom is -0.478 e. The number of carboxylic acid groups (broad SMARTS) is 1. The SMILES string of the molecule is CC.CCN=Cc1nc(-c2cc(=O)c3cc(C)cc(C(C)[B]c4ccccc4C(=O)O)c3o2)ccc1C. The van der Waals surface area contributed by atoms with Crippen LogP contribution in [0.2, 0.25) is 0 Å². The average molecular weight is 495 g/mol. The molecule has 0 bridgehead atoms. The van der Waals surface area contributed by atoms with Crippen molar-refractivity contribution in [2.45, 2.75) is 47.4 Å². The number of rotatable bonds is 7. The Morgan fingerprint density at radius 3 is 2.57 bits per heavy atom. The van der Waals surface area contributed by atoms with Crippen molar-refractivity contribution in [1.29, 1.82) is 0 Å². The van der Waals surface area contributed by atoms with Crippen LogP contribution < -0.4 is 10.9 Å². The van der Waals surface area contributed by atoms with Gasteiger partial charge in [-0.1, -0.05) is 56.6 Å². The summed E-state index contributed by atoms with van der Waals surface area (Å²) in [6.07, 6.45) is 1.73. The maximum Gasteiger partial charge on any atom is 0.335 e. The summed E-state index contributed by atoms with van der Waals surface area (Å²) < 4.78 is 6.31. The van der Waals surface area contributed by atoms with E-state index in [9.17, 15) is 14.7 Å². The molecule has 0 amide bonds. The minimum absolute atomic E-state index is 0.157. The number of pyridine rings is 1. The largest absolute Gasteiger partial charge is 0.478 e. The summed E-state index contributed by atoms with van der Waals surface area (Å²) in [5.41, 5.74) is 5.13. The van der Waals surface area contributed by atoms with Gasteiger partial charge in [0.1, 0.15) is 11.3 Å². The van der Waals surface area contributed by atoms with Gasteiger partial charge in [0.15, 0.2) is 18.5 Å². The summed E-state index contributed by atoms with van der Waals surface area (Å²) in [5.74, 6) is -0.828. The van der Waals surface area contributed by atoms with Crippen LogP contribution >= 0.6 is 0 Å². The fraction of sp³-hybridized carbons (Fsp3) is 0.267. The Morgan fingerprint density at radius 1 is 1.14 bits per heavy atom. The van der Waals surface area contributed by atoms with Gasteiger partial charge in [0, 0.05) is 18.8 Å². The minimum atomic E-state index is -0.986. The van der Waals surface area contributed by atoms with E-state index in [1.165, 1.54) is 6.07 Å². The van der Waals surface area contributed by atoms with Crippen molar-refractivity contribution in [3.05, 3.63) is 92.8 Å².